The molecule has 0 aliphatic carbocycles. The highest BCUT2D eigenvalue weighted by Gasteiger charge is 2.26. The number of nitrogens with one attached hydrogen (secondary N) is 1. The van der Waals surface area contributed by atoms with Crippen LogP contribution in [0.3, 0.4) is 0 Å². The topological polar surface area (TPSA) is 58.1 Å². The highest BCUT2D eigenvalue weighted by Crippen LogP contribution is 2.24. The summed E-state index contributed by atoms with van der Waals surface area (Å²) in [5, 5.41) is 3.12. The molecule has 0 unspecified atom stereocenters. The second-order valence-corrected chi connectivity index (χ2v) is 8.84. The van der Waals surface area contributed by atoms with Gasteiger partial charge >= 0.3 is 0 Å². The van der Waals surface area contributed by atoms with Gasteiger partial charge in [-0.25, -0.2) is 9.97 Å². The molecule has 1 aliphatic rings. The molecule has 1 fully saturated rings. The standard InChI is InChI=1S/C25H28N4OS/c1-18-5-9-20(10-6-18)24-26-14-13-23(28-24)29-15-3-4-21(17-29)25(30)27-16-19-7-11-22(31-2)12-8-19/h5-14,21H,3-4,15-17H2,1-2H3,(H,27,30)/t21-/m0/s1. The lowest BCUT2D eigenvalue weighted by Gasteiger charge is -2.33. The van der Waals surface area contributed by atoms with E-state index in [2.05, 4.69) is 64.8 Å². The zero-order valence-electron chi connectivity index (χ0n) is 18.0. The van der Waals surface area contributed by atoms with Gasteiger partial charge in [0.1, 0.15) is 5.82 Å². The van der Waals surface area contributed by atoms with Crippen LogP contribution >= 0.6 is 11.8 Å². The van der Waals surface area contributed by atoms with Gasteiger partial charge < -0.3 is 10.2 Å². The summed E-state index contributed by atoms with van der Waals surface area (Å²) in [6.07, 6.45) is 5.75. The molecule has 4 rings (SSSR count). The number of hydrogen-bond donors (Lipinski definition) is 1. The zero-order valence-corrected chi connectivity index (χ0v) is 18.9. The molecule has 0 radical (unpaired) electrons. The summed E-state index contributed by atoms with van der Waals surface area (Å²) in [7, 11) is 0. The van der Waals surface area contributed by atoms with Crippen molar-refractivity contribution in [1.82, 2.24) is 15.3 Å². The highest BCUT2D eigenvalue weighted by molar-refractivity contribution is 7.98. The number of hydrogen-bond acceptors (Lipinski definition) is 5. The third-order valence-corrected chi connectivity index (χ3v) is 6.44. The number of carbonyl (C=O) groups excluding carboxylic acids is 1. The lowest BCUT2D eigenvalue weighted by molar-refractivity contribution is -0.125. The third-order valence-electron chi connectivity index (χ3n) is 5.69. The lowest BCUT2D eigenvalue weighted by atomic mass is 9.97. The second kappa shape index (κ2) is 9.96. The molecule has 1 N–H and O–H groups in total. The van der Waals surface area contributed by atoms with Crippen LogP contribution in [0.5, 0.6) is 0 Å². The molecule has 1 atom stereocenters. The summed E-state index contributed by atoms with van der Waals surface area (Å²) in [6, 6.07) is 18.5. The van der Waals surface area contributed by atoms with E-state index >= 15 is 0 Å². The first-order valence-corrected chi connectivity index (χ1v) is 11.9. The molecule has 2 aromatic carbocycles. The minimum absolute atomic E-state index is 0.0305. The summed E-state index contributed by atoms with van der Waals surface area (Å²) in [4.78, 5) is 25.5. The minimum Gasteiger partial charge on any atom is -0.356 e. The van der Waals surface area contributed by atoms with Crippen LogP contribution in [0.25, 0.3) is 11.4 Å². The number of piperidine rings is 1. The monoisotopic (exact) mass is 432 g/mol. The van der Waals surface area contributed by atoms with Crippen LogP contribution in [-0.2, 0) is 11.3 Å². The second-order valence-electron chi connectivity index (χ2n) is 7.96. The van der Waals surface area contributed by atoms with Crippen molar-refractivity contribution in [3.8, 4) is 11.4 Å². The maximum Gasteiger partial charge on any atom is 0.225 e. The number of amides is 1. The summed E-state index contributed by atoms with van der Waals surface area (Å²) < 4.78 is 0. The van der Waals surface area contributed by atoms with Gasteiger partial charge in [-0.2, -0.15) is 0 Å². The van der Waals surface area contributed by atoms with E-state index in [1.54, 1.807) is 18.0 Å². The van der Waals surface area contributed by atoms with Crippen LogP contribution in [0.4, 0.5) is 5.82 Å². The van der Waals surface area contributed by atoms with Gasteiger partial charge in [0.05, 0.1) is 5.92 Å². The van der Waals surface area contributed by atoms with Crippen molar-refractivity contribution >= 4 is 23.5 Å². The Morgan fingerprint density at radius 3 is 2.65 bits per heavy atom. The predicted octanol–water partition coefficient (Wildman–Crippen LogP) is 4.71. The maximum absolute atomic E-state index is 12.8. The fourth-order valence-corrected chi connectivity index (χ4v) is 4.25. The Morgan fingerprint density at radius 1 is 1.13 bits per heavy atom. The summed E-state index contributed by atoms with van der Waals surface area (Å²) >= 11 is 1.72. The van der Waals surface area contributed by atoms with E-state index in [4.69, 9.17) is 4.98 Å². The molecule has 1 aliphatic heterocycles. The molecule has 2 heterocycles. The molecule has 5 nitrogen and oxygen atoms in total. The molecule has 1 aromatic heterocycles. The van der Waals surface area contributed by atoms with Crippen LogP contribution < -0.4 is 10.2 Å². The van der Waals surface area contributed by atoms with Crippen LogP contribution in [0, 0.1) is 12.8 Å². The van der Waals surface area contributed by atoms with E-state index in [0.29, 0.717) is 13.1 Å². The molecule has 31 heavy (non-hydrogen) atoms. The largest absolute Gasteiger partial charge is 0.356 e. The molecular formula is C25H28N4OS. The molecular weight excluding hydrogens is 404 g/mol. The number of carbonyl (C=O) groups is 1. The number of aromatic nitrogens is 2. The van der Waals surface area contributed by atoms with Gasteiger partial charge in [-0.1, -0.05) is 42.0 Å². The van der Waals surface area contributed by atoms with E-state index in [-0.39, 0.29) is 11.8 Å². The molecule has 6 heteroatoms. The summed E-state index contributed by atoms with van der Waals surface area (Å²) in [5.41, 5.74) is 3.34. The van der Waals surface area contributed by atoms with Gasteiger partial charge in [0.15, 0.2) is 5.82 Å². The predicted molar refractivity (Wildman–Crippen MR) is 127 cm³/mol. The average molecular weight is 433 g/mol. The number of aryl methyl sites for hydroxylation is 1. The van der Waals surface area contributed by atoms with Gasteiger partial charge in [-0.05, 0) is 49.8 Å². The smallest absolute Gasteiger partial charge is 0.225 e. The molecule has 0 bridgehead atoms. The molecule has 1 saturated heterocycles. The Hall–Kier alpha value is -2.86. The first kappa shape index (κ1) is 21.4. The molecule has 160 valence electrons. The third kappa shape index (κ3) is 5.44. The Morgan fingerprint density at radius 2 is 1.90 bits per heavy atom. The van der Waals surface area contributed by atoms with Gasteiger partial charge in [-0.3, -0.25) is 4.79 Å². The van der Waals surface area contributed by atoms with Crippen LogP contribution in [-0.4, -0.2) is 35.2 Å². The van der Waals surface area contributed by atoms with E-state index < -0.39 is 0 Å². The summed E-state index contributed by atoms with van der Waals surface area (Å²) in [5.74, 6) is 1.69. The van der Waals surface area contributed by atoms with Crippen LogP contribution in [0.15, 0.2) is 65.7 Å². The first-order valence-electron chi connectivity index (χ1n) is 10.7. The zero-order chi connectivity index (χ0) is 21.6. The van der Waals surface area contributed by atoms with Gasteiger partial charge in [0, 0.05) is 36.3 Å². The van der Waals surface area contributed by atoms with Gasteiger partial charge in [0.25, 0.3) is 0 Å². The van der Waals surface area contributed by atoms with E-state index in [1.807, 2.05) is 18.2 Å². The van der Waals surface area contributed by atoms with Crippen molar-refractivity contribution in [2.45, 2.75) is 31.2 Å². The van der Waals surface area contributed by atoms with E-state index in [1.165, 1.54) is 10.5 Å². The Bertz CT molecular complexity index is 1020. The molecule has 1 amide bonds. The van der Waals surface area contributed by atoms with Crippen molar-refractivity contribution in [2.24, 2.45) is 5.92 Å². The lowest BCUT2D eigenvalue weighted by Crippen LogP contribution is -2.43. The van der Waals surface area contributed by atoms with E-state index in [9.17, 15) is 4.79 Å². The van der Waals surface area contributed by atoms with Gasteiger partial charge in [0.2, 0.25) is 5.91 Å². The first-order chi connectivity index (χ1) is 15.1. The molecule has 0 spiro atoms. The maximum atomic E-state index is 12.8. The number of nitrogens with zero attached hydrogens (tertiary/aromatic N) is 3. The van der Waals surface area contributed by atoms with Crippen LogP contribution in [0.2, 0.25) is 0 Å². The van der Waals surface area contributed by atoms with Crippen molar-refractivity contribution in [3.05, 3.63) is 71.9 Å². The van der Waals surface area contributed by atoms with E-state index in [0.717, 1.165) is 42.2 Å². The average Bonchev–Trinajstić information content (AvgIpc) is 2.83. The van der Waals surface area contributed by atoms with Gasteiger partial charge in [-0.15, -0.1) is 11.8 Å². The normalized spacial score (nSPS) is 16.2. The highest BCUT2D eigenvalue weighted by atomic mass is 32.2. The van der Waals surface area contributed by atoms with Crippen molar-refractivity contribution in [3.63, 3.8) is 0 Å². The van der Waals surface area contributed by atoms with Crippen LogP contribution in [0.1, 0.15) is 24.0 Å². The number of thioether (sulfide) groups is 1. The molecule has 3 aromatic rings. The Kier molecular flexibility index (Phi) is 6.87. The number of rotatable bonds is 6. The van der Waals surface area contributed by atoms with Crippen molar-refractivity contribution in [2.75, 3.05) is 24.2 Å². The minimum atomic E-state index is -0.0305. The van der Waals surface area contributed by atoms with Crippen molar-refractivity contribution in [1.29, 1.82) is 0 Å². The van der Waals surface area contributed by atoms with Crippen molar-refractivity contribution < 1.29 is 4.79 Å². The fourth-order valence-electron chi connectivity index (χ4n) is 3.84. The Balaban J connectivity index is 1.39. The fraction of sp³-hybridized carbons (Fsp3) is 0.320. The number of benzene rings is 2. The molecule has 0 saturated carbocycles. The SMILES string of the molecule is CSc1ccc(CNC(=O)[C@H]2CCCN(c3ccnc(-c4ccc(C)cc4)n3)C2)cc1. The number of anilines is 1. The quantitative estimate of drug-likeness (QED) is 0.572. The summed E-state index contributed by atoms with van der Waals surface area (Å²) in [6.45, 7) is 4.22. The Labute approximate surface area is 188 Å².